The highest BCUT2D eigenvalue weighted by Crippen LogP contribution is 2.27. The summed E-state index contributed by atoms with van der Waals surface area (Å²) in [5.41, 5.74) is 5.01. The molecule has 0 radical (unpaired) electrons. The first-order valence-corrected chi connectivity index (χ1v) is 9.95. The van der Waals surface area contributed by atoms with Crippen LogP contribution in [-0.4, -0.2) is 60.2 Å². The Bertz CT molecular complexity index is 727. The first kappa shape index (κ1) is 19.7. The number of fused-ring (bicyclic) bond motifs is 1. The van der Waals surface area contributed by atoms with Crippen molar-refractivity contribution in [2.45, 2.75) is 26.3 Å². The summed E-state index contributed by atoms with van der Waals surface area (Å²) in [5.74, 6) is 0.101. The van der Waals surface area contributed by atoms with Gasteiger partial charge in [0, 0.05) is 58.1 Å². The lowest BCUT2D eigenvalue weighted by Gasteiger charge is -2.34. The molecule has 0 spiro atoms. The summed E-state index contributed by atoms with van der Waals surface area (Å²) in [4.78, 5) is 26.8. The first-order chi connectivity index (χ1) is 13.0. The molecule has 2 aliphatic rings. The molecule has 6 nitrogen and oxygen atoms in total. The van der Waals surface area contributed by atoms with Crippen molar-refractivity contribution in [3.8, 4) is 0 Å². The molecule has 0 saturated carbocycles. The van der Waals surface area contributed by atoms with E-state index in [0.717, 1.165) is 51.3 Å². The molecule has 3 rings (SSSR count). The van der Waals surface area contributed by atoms with E-state index in [2.05, 4.69) is 39.9 Å². The minimum Gasteiger partial charge on any atom is -0.361 e. The Kier molecular flexibility index (Phi) is 6.74. The second-order valence-corrected chi connectivity index (χ2v) is 7.41. The number of piperazine rings is 1. The van der Waals surface area contributed by atoms with Crippen LogP contribution in [0.1, 0.15) is 24.5 Å². The number of hydrogen-bond acceptors (Lipinski definition) is 4. The van der Waals surface area contributed by atoms with Gasteiger partial charge in [0.25, 0.3) is 0 Å². The van der Waals surface area contributed by atoms with Crippen LogP contribution in [0.4, 0.5) is 5.69 Å². The number of amides is 2. The molecule has 1 aromatic carbocycles. The van der Waals surface area contributed by atoms with Gasteiger partial charge in [-0.1, -0.05) is 12.1 Å². The Morgan fingerprint density at radius 3 is 2.70 bits per heavy atom. The van der Waals surface area contributed by atoms with Crippen LogP contribution in [0.2, 0.25) is 0 Å². The molecule has 0 bridgehead atoms. The van der Waals surface area contributed by atoms with Crippen LogP contribution >= 0.6 is 11.6 Å². The van der Waals surface area contributed by atoms with E-state index in [1.54, 1.807) is 6.92 Å². The van der Waals surface area contributed by atoms with Gasteiger partial charge in [-0.05, 0) is 35.6 Å². The molecular formula is C20H27ClN4O2. The Labute approximate surface area is 165 Å². The molecule has 0 aliphatic carbocycles. The second-order valence-electron chi connectivity index (χ2n) is 7.14. The van der Waals surface area contributed by atoms with Gasteiger partial charge in [0.15, 0.2) is 0 Å². The predicted octanol–water partition coefficient (Wildman–Crippen LogP) is 1.95. The van der Waals surface area contributed by atoms with Crippen molar-refractivity contribution >= 4 is 29.1 Å². The third-order valence-corrected chi connectivity index (χ3v) is 5.32. The highest BCUT2D eigenvalue weighted by molar-refractivity contribution is 6.27. The highest BCUT2D eigenvalue weighted by atomic mass is 35.5. The molecule has 1 fully saturated rings. The number of benzene rings is 1. The molecule has 2 N–H and O–H groups in total. The van der Waals surface area contributed by atoms with Crippen molar-refractivity contribution in [1.82, 2.24) is 15.1 Å². The van der Waals surface area contributed by atoms with Crippen molar-refractivity contribution in [3.05, 3.63) is 41.1 Å². The van der Waals surface area contributed by atoms with Gasteiger partial charge in [-0.3, -0.25) is 14.5 Å². The quantitative estimate of drug-likeness (QED) is 0.729. The smallest absolute Gasteiger partial charge is 0.237 e. The van der Waals surface area contributed by atoms with Gasteiger partial charge in [-0.2, -0.15) is 0 Å². The standard InChI is InChI=1S/C20H27ClN4O2/c1-15(26)22-5-4-16-10-18-3-2-17(11-19(18)23-13-16)14-24-6-8-25(9-7-24)20(27)12-21/h2-3,11,13,23H,4-10,12,14H2,1H3,(H,22,26). The lowest BCUT2D eigenvalue weighted by molar-refractivity contribution is -0.130. The zero-order chi connectivity index (χ0) is 19.2. The van der Waals surface area contributed by atoms with E-state index in [9.17, 15) is 9.59 Å². The summed E-state index contributed by atoms with van der Waals surface area (Å²) < 4.78 is 0. The molecule has 0 unspecified atom stereocenters. The number of hydrogen-bond donors (Lipinski definition) is 2. The van der Waals surface area contributed by atoms with Crippen molar-refractivity contribution in [1.29, 1.82) is 0 Å². The van der Waals surface area contributed by atoms with Gasteiger partial charge in [0.05, 0.1) is 0 Å². The van der Waals surface area contributed by atoms with Crippen LogP contribution in [0, 0.1) is 0 Å². The van der Waals surface area contributed by atoms with E-state index < -0.39 is 0 Å². The van der Waals surface area contributed by atoms with Crippen LogP contribution in [0.15, 0.2) is 30.0 Å². The number of anilines is 1. The molecule has 2 amide bonds. The third-order valence-electron chi connectivity index (χ3n) is 5.09. The number of nitrogens with one attached hydrogen (secondary N) is 2. The Balaban J connectivity index is 1.51. The topological polar surface area (TPSA) is 64.7 Å². The van der Waals surface area contributed by atoms with E-state index in [0.29, 0.717) is 6.54 Å². The summed E-state index contributed by atoms with van der Waals surface area (Å²) >= 11 is 5.64. The van der Waals surface area contributed by atoms with Gasteiger partial charge >= 0.3 is 0 Å². The molecule has 7 heteroatoms. The highest BCUT2D eigenvalue weighted by Gasteiger charge is 2.20. The molecule has 0 aromatic heterocycles. The number of halogens is 1. The van der Waals surface area contributed by atoms with Crippen molar-refractivity contribution in [2.75, 3.05) is 43.9 Å². The zero-order valence-electron chi connectivity index (χ0n) is 15.8. The fourth-order valence-electron chi connectivity index (χ4n) is 3.54. The maximum absolute atomic E-state index is 11.7. The van der Waals surface area contributed by atoms with Gasteiger partial charge in [0.1, 0.15) is 5.88 Å². The minimum absolute atomic E-state index is 0.0114. The van der Waals surface area contributed by atoms with Crippen LogP contribution < -0.4 is 10.6 Å². The Morgan fingerprint density at radius 1 is 1.22 bits per heavy atom. The molecule has 1 saturated heterocycles. The van der Waals surface area contributed by atoms with E-state index in [1.807, 2.05) is 4.90 Å². The average molecular weight is 391 g/mol. The zero-order valence-corrected chi connectivity index (χ0v) is 16.5. The average Bonchev–Trinajstić information content (AvgIpc) is 2.67. The van der Waals surface area contributed by atoms with Crippen LogP contribution in [-0.2, 0) is 22.6 Å². The monoisotopic (exact) mass is 390 g/mol. The second kappa shape index (κ2) is 9.24. The molecule has 146 valence electrons. The largest absolute Gasteiger partial charge is 0.361 e. The fourth-order valence-corrected chi connectivity index (χ4v) is 3.71. The van der Waals surface area contributed by atoms with Crippen molar-refractivity contribution in [2.24, 2.45) is 0 Å². The number of carbonyl (C=O) groups is 2. The Morgan fingerprint density at radius 2 is 2.00 bits per heavy atom. The summed E-state index contributed by atoms with van der Waals surface area (Å²) in [7, 11) is 0. The molecule has 1 aromatic rings. The maximum atomic E-state index is 11.7. The summed E-state index contributed by atoms with van der Waals surface area (Å²) in [6.07, 6.45) is 3.84. The van der Waals surface area contributed by atoms with Crippen LogP contribution in [0.5, 0.6) is 0 Å². The van der Waals surface area contributed by atoms with Gasteiger partial charge < -0.3 is 15.5 Å². The van der Waals surface area contributed by atoms with E-state index >= 15 is 0 Å². The summed E-state index contributed by atoms with van der Waals surface area (Å²) in [6, 6.07) is 6.59. The number of carbonyl (C=O) groups excluding carboxylic acids is 2. The molecule has 0 atom stereocenters. The van der Waals surface area contributed by atoms with E-state index in [-0.39, 0.29) is 17.7 Å². The number of rotatable bonds is 6. The fraction of sp³-hybridized carbons (Fsp3) is 0.500. The molecule has 2 aliphatic heterocycles. The number of alkyl halides is 1. The summed E-state index contributed by atoms with van der Waals surface area (Å²) in [5, 5.41) is 6.24. The van der Waals surface area contributed by atoms with Crippen LogP contribution in [0.3, 0.4) is 0 Å². The molecule has 2 heterocycles. The number of nitrogens with zero attached hydrogens (tertiary/aromatic N) is 2. The van der Waals surface area contributed by atoms with Crippen LogP contribution in [0.25, 0.3) is 0 Å². The lowest BCUT2D eigenvalue weighted by atomic mass is 9.97. The molecule has 27 heavy (non-hydrogen) atoms. The third kappa shape index (κ3) is 5.47. The Hall–Kier alpha value is -2.05. The summed E-state index contributed by atoms with van der Waals surface area (Å²) in [6.45, 7) is 6.34. The SMILES string of the molecule is CC(=O)NCCC1=CNc2cc(CN3CCN(C(=O)CCl)CC3)ccc2C1. The van der Waals surface area contributed by atoms with Gasteiger partial charge in [-0.15, -0.1) is 11.6 Å². The minimum atomic E-state index is 0.0114. The normalized spacial score (nSPS) is 17.0. The van der Waals surface area contributed by atoms with E-state index in [4.69, 9.17) is 11.6 Å². The lowest BCUT2D eigenvalue weighted by Crippen LogP contribution is -2.48. The maximum Gasteiger partial charge on any atom is 0.237 e. The van der Waals surface area contributed by atoms with Crippen molar-refractivity contribution < 1.29 is 9.59 Å². The molecular weight excluding hydrogens is 364 g/mol. The van der Waals surface area contributed by atoms with E-state index in [1.165, 1.54) is 16.7 Å². The van der Waals surface area contributed by atoms with Gasteiger partial charge in [0.2, 0.25) is 11.8 Å². The van der Waals surface area contributed by atoms with Gasteiger partial charge in [-0.25, -0.2) is 0 Å². The predicted molar refractivity (Wildman–Crippen MR) is 108 cm³/mol. The first-order valence-electron chi connectivity index (χ1n) is 9.42. The van der Waals surface area contributed by atoms with Crippen molar-refractivity contribution in [3.63, 3.8) is 0 Å².